The van der Waals surface area contributed by atoms with Gasteiger partial charge in [0.15, 0.2) is 0 Å². The van der Waals surface area contributed by atoms with Crippen LogP contribution in [0, 0.1) is 6.92 Å². The number of rotatable bonds is 5. The van der Waals surface area contributed by atoms with Crippen molar-refractivity contribution < 1.29 is 19.1 Å². The number of amides is 1. The van der Waals surface area contributed by atoms with Crippen LogP contribution in [0.4, 0.5) is 5.69 Å². The number of nitrogens with one attached hydrogen (secondary N) is 1. The zero-order valence-electron chi connectivity index (χ0n) is 9.59. The maximum atomic E-state index is 11.5. The second-order valence-electron chi connectivity index (χ2n) is 3.85. The van der Waals surface area contributed by atoms with Crippen molar-refractivity contribution in [2.45, 2.75) is 19.8 Å². The van der Waals surface area contributed by atoms with Gasteiger partial charge in [-0.3, -0.25) is 9.36 Å². The molecule has 0 heterocycles. The Kier molecular flexibility index (Phi) is 4.87. The lowest BCUT2D eigenvalue weighted by atomic mass is 10.2. The predicted molar refractivity (Wildman–Crippen MR) is 66.0 cm³/mol. The summed E-state index contributed by atoms with van der Waals surface area (Å²) in [4.78, 5) is 28.8. The summed E-state index contributed by atoms with van der Waals surface area (Å²) in [6.07, 6.45) is 0.0373. The normalized spacial score (nSPS) is 11.2. The van der Waals surface area contributed by atoms with Gasteiger partial charge in [-0.15, -0.1) is 0 Å². The fourth-order valence-corrected chi connectivity index (χ4v) is 1.94. The van der Waals surface area contributed by atoms with E-state index in [1.807, 2.05) is 25.1 Å². The van der Waals surface area contributed by atoms with Crippen LogP contribution in [0.15, 0.2) is 24.3 Å². The molecule has 0 unspecified atom stereocenters. The molecule has 0 aliphatic carbocycles. The molecule has 3 N–H and O–H groups in total. The maximum absolute atomic E-state index is 11.5. The number of carbonyl (C=O) groups is 1. The van der Waals surface area contributed by atoms with E-state index in [4.69, 9.17) is 9.79 Å². The number of benzene rings is 1. The minimum absolute atomic E-state index is 0.111. The molecule has 0 aromatic heterocycles. The Balaban J connectivity index is 2.41. The van der Waals surface area contributed by atoms with Crippen LogP contribution >= 0.6 is 7.60 Å². The standard InChI is InChI=1S/C11H16NO4P/c1-9-5-2-3-6-10(9)12-11(13)7-4-8-17(14,15)16/h2-3,5-6H,4,7-8H2,1H3,(H,12,13)(H2,14,15,16). The van der Waals surface area contributed by atoms with Gasteiger partial charge in [0.05, 0.1) is 6.16 Å². The third-order valence-corrected chi connectivity index (χ3v) is 3.17. The van der Waals surface area contributed by atoms with Gasteiger partial charge in [-0.2, -0.15) is 0 Å². The summed E-state index contributed by atoms with van der Waals surface area (Å²) in [6, 6.07) is 7.36. The fourth-order valence-electron chi connectivity index (χ4n) is 1.37. The van der Waals surface area contributed by atoms with E-state index in [-0.39, 0.29) is 24.9 Å². The molecule has 94 valence electrons. The van der Waals surface area contributed by atoms with Gasteiger partial charge in [-0.1, -0.05) is 18.2 Å². The largest absolute Gasteiger partial charge is 0.326 e. The van der Waals surface area contributed by atoms with E-state index in [0.29, 0.717) is 0 Å². The first-order chi connectivity index (χ1) is 7.88. The molecule has 0 radical (unpaired) electrons. The summed E-state index contributed by atoms with van der Waals surface area (Å²) in [5.41, 5.74) is 1.68. The van der Waals surface area contributed by atoms with E-state index < -0.39 is 7.60 Å². The molecular formula is C11H16NO4P. The zero-order valence-corrected chi connectivity index (χ0v) is 10.5. The lowest BCUT2D eigenvalue weighted by molar-refractivity contribution is -0.116. The van der Waals surface area contributed by atoms with Crippen molar-refractivity contribution in [1.29, 1.82) is 0 Å². The summed E-state index contributed by atoms with van der Waals surface area (Å²) < 4.78 is 10.6. The molecule has 1 aromatic rings. The molecule has 0 spiro atoms. The Bertz CT molecular complexity index is 441. The minimum atomic E-state index is -3.99. The average molecular weight is 257 g/mol. The molecule has 5 nitrogen and oxygen atoms in total. The smallest absolute Gasteiger partial charge is 0.325 e. The SMILES string of the molecule is Cc1ccccc1NC(=O)CCCP(=O)(O)O. The summed E-state index contributed by atoms with van der Waals surface area (Å²) in [6.45, 7) is 1.88. The summed E-state index contributed by atoms with van der Waals surface area (Å²) in [5.74, 6) is -0.229. The molecule has 0 aliphatic heterocycles. The third-order valence-electron chi connectivity index (χ3n) is 2.27. The van der Waals surface area contributed by atoms with Crippen molar-refractivity contribution in [2.24, 2.45) is 0 Å². The maximum Gasteiger partial charge on any atom is 0.325 e. The highest BCUT2D eigenvalue weighted by molar-refractivity contribution is 7.51. The van der Waals surface area contributed by atoms with E-state index in [0.717, 1.165) is 11.3 Å². The number of carbonyl (C=O) groups excluding carboxylic acids is 1. The van der Waals surface area contributed by atoms with Crippen LogP contribution in [0.2, 0.25) is 0 Å². The predicted octanol–water partition coefficient (Wildman–Crippen LogP) is 1.89. The number of aryl methyl sites for hydroxylation is 1. The van der Waals surface area contributed by atoms with Crippen LogP contribution < -0.4 is 5.32 Å². The van der Waals surface area contributed by atoms with Crippen molar-refractivity contribution in [1.82, 2.24) is 0 Å². The monoisotopic (exact) mass is 257 g/mol. The quantitative estimate of drug-likeness (QED) is 0.703. The fraction of sp³-hybridized carbons (Fsp3) is 0.364. The van der Waals surface area contributed by atoms with Gasteiger partial charge in [0.2, 0.25) is 5.91 Å². The first kappa shape index (κ1) is 13.9. The van der Waals surface area contributed by atoms with Crippen molar-refractivity contribution >= 4 is 19.2 Å². The summed E-state index contributed by atoms with van der Waals surface area (Å²) >= 11 is 0. The van der Waals surface area contributed by atoms with E-state index in [2.05, 4.69) is 5.32 Å². The minimum Gasteiger partial charge on any atom is -0.326 e. The number of anilines is 1. The van der Waals surface area contributed by atoms with Crippen LogP contribution in [-0.2, 0) is 9.36 Å². The first-order valence-electron chi connectivity index (χ1n) is 5.28. The van der Waals surface area contributed by atoms with Crippen LogP contribution in [-0.4, -0.2) is 21.9 Å². The number of hydrogen-bond donors (Lipinski definition) is 3. The Morgan fingerprint density at radius 1 is 1.35 bits per heavy atom. The Morgan fingerprint density at radius 2 is 2.00 bits per heavy atom. The Hall–Kier alpha value is -1.16. The Labute approximate surface area is 100 Å². The van der Waals surface area contributed by atoms with E-state index >= 15 is 0 Å². The molecule has 17 heavy (non-hydrogen) atoms. The van der Waals surface area contributed by atoms with Gasteiger partial charge in [-0.25, -0.2) is 0 Å². The van der Waals surface area contributed by atoms with Gasteiger partial charge >= 0.3 is 7.60 Å². The molecular weight excluding hydrogens is 241 g/mol. The van der Waals surface area contributed by atoms with Gasteiger partial charge in [-0.05, 0) is 25.0 Å². The summed E-state index contributed by atoms with van der Waals surface area (Å²) in [7, 11) is -3.99. The van der Waals surface area contributed by atoms with E-state index in [1.165, 1.54) is 0 Å². The number of hydrogen-bond acceptors (Lipinski definition) is 2. The average Bonchev–Trinajstić information content (AvgIpc) is 2.19. The topological polar surface area (TPSA) is 86.6 Å². The van der Waals surface area contributed by atoms with Crippen LogP contribution in [0.25, 0.3) is 0 Å². The molecule has 0 atom stereocenters. The first-order valence-corrected chi connectivity index (χ1v) is 7.08. The van der Waals surface area contributed by atoms with Gasteiger partial charge < -0.3 is 15.1 Å². The molecule has 0 fully saturated rings. The van der Waals surface area contributed by atoms with Crippen LogP contribution in [0.1, 0.15) is 18.4 Å². The highest BCUT2D eigenvalue weighted by Crippen LogP contribution is 2.35. The van der Waals surface area contributed by atoms with Crippen molar-refractivity contribution in [2.75, 3.05) is 11.5 Å². The lowest BCUT2D eigenvalue weighted by Gasteiger charge is -2.08. The van der Waals surface area contributed by atoms with Crippen molar-refractivity contribution in [3.05, 3.63) is 29.8 Å². The molecule has 6 heteroatoms. The lowest BCUT2D eigenvalue weighted by Crippen LogP contribution is -2.12. The molecule has 0 bridgehead atoms. The highest BCUT2D eigenvalue weighted by Gasteiger charge is 2.13. The van der Waals surface area contributed by atoms with Gasteiger partial charge in [0, 0.05) is 12.1 Å². The third kappa shape index (κ3) is 5.63. The van der Waals surface area contributed by atoms with Crippen LogP contribution in [0.3, 0.4) is 0 Å². The second kappa shape index (κ2) is 5.96. The van der Waals surface area contributed by atoms with E-state index in [1.54, 1.807) is 6.07 Å². The van der Waals surface area contributed by atoms with E-state index in [9.17, 15) is 9.36 Å². The highest BCUT2D eigenvalue weighted by atomic mass is 31.2. The molecule has 1 amide bonds. The Morgan fingerprint density at radius 3 is 2.59 bits per heavy atom. The number of para-hydroxylation sites is 1. The second-order valence-corrected chi connectivity index (χ2v) is 5.63. The molecule has 1 rings (SSSR count). The molecule has 0 saturated carbocycles. The zero-order chi connectivity index (χ0) is 12.9. The van der Waals surface area contributed by atoms with Crippen molar-refractivity contribution in [3.8, 4) is 0 Å². The van der Waals surface area contributed by atoms with Gasteiger partial charge in [0.25, 0.3) is 0 Å². The molecule has 0 saturated heterocycles. The molecule has 0 aliphatic rings. The van der Waals surface area contributed by atoms with Crippen molar-refractivity contribution in [3.63, 3.8) is 0 Å². The van der Waals surface area contributed by atoms with Gasteiger partial charge in [0.1, 0.15) is 0 Å². The molecule has 1 aromatic carbocycles. The van der Waals surface area contributed by atoms with Crippen LogP contribution in [0.5, 0.6) is 0 Å². The summed E-state index contributed by atoms with van der Waals surface area (Å²) in [5, 5.41) is 2.70.